The molecule has 0 radical (unpaired) electrons. The number of amides is 1. The van der Waals surface area contributed by atoms with Crippen molar-refractivity contribution >= 4 is 27.3 Å². The van der Waals surface area contributed by atoms with Gasteiger partial charge in [0, 0.05) is 18.1 Å². The normalized spacial score (nSPS) is 17.2. The van der Waals surface area contributed by atoms with E-state index in [1.165, 1.54) is 25.1 Å². The van der Waals surface area contributed by atoms with Crippen LogP contribution >= 0.6 is 0 Å². The van der Waals surface area contributed by atoms with Crippen molar-refractivity contribution in [1.29, 1.82) is 0 Å². The average Bonchev–Trinajstić information content (AvgIpc) is 2.64. The van der Waals surface area contributed by atoms with E-state index < -0.39 is 33.0 Å². The number of hydrogen-bond acceptors (Lipinski definition) is 6. The van der Waals surface area contributed by atoms with Gasteiger partial charge in [0.15, 0.2) is 0 Å². The van der Waals surface area contributed by atoms with Crippen LogP contribution < -0.4 is 14.4 Å². The first-order valence-corrected chi connectivity index (χ1v) is 11.5. The quantitative estimate of drug-likeness (QED) is 0.537. The molecule has 9 nitrogen and oxygen atoms in total. The van der Waals surface area contributed by atoms with Gasteiger partial charge in [-0.05, 0) is 32.9 Å². The van der Waals surface area contributed by atoms with Gasteiger partial charge in [-0.3, -0.25) is 19.2 Å². The number of carbonyl (C=O) groups excluding carboxylic acids is 1. The summed E-state index contributed by atoms with van der Waals surface area (Å²) >= 11 is 0. The average molecular weight is 448 g/mol. The zero-order valence-electron chi connectivity index (χ0n) is 17.8. The number of fused-ring (bicyclic) bond motifs is 1. The second-order valence-electron chi connectivity index (χ2n) is 8.17. The minimum Gasteiger partial charge on any atom is -0.487 e. The first kappa shape index (κ1) is 22.5. The van der Waals surface area contributed by atoms with Crippen LogP contribution in [0.1, 0.15) is 37.4 Å². The van der Waals surface area contributed by atoms with Crippen LogP contribution in [0.25, 0.3) is 0 Å². The van der Waals surface area contributed by atoms with E-state index in [0.717, 1.165) is 16.1 Å². The van der Waals surface area contributed by atoms with E-state index >= 15 is 0 Å². The fourth-order valence-electron chi connectivity index (χ4n) is 3.76. The highest BCUT2D eigenvalue weighted by molar-refractivity contribution is 7.92. The number of nitrogens with one attached hydrogen (secondary N) is 1. The van der Waals surface area contributed by atoms with Crippen LogP contribution in [0.4, 0.5) is 11.4 Å². The van der Waals surface area contributed by atoms with Gasteiger partial charge >= 0.3 is 0 Å². The van der Waals surface area contributed by atoms with Crippen molar-refractivity contribution in [2.75, 3.05) is 17.1 Å². The molecule has 1 aliphatic heterocycles. The fraction of sp³-hybridized carbons (Fsp3) is 0.381. The number of rotatable bonds is 6. The second kappa shape index (κ2) is 8.18. The van der Waals surface area contributed by atoms with Crippen LogP contribution in [0, 0.1) is 17.0 Å². The molecular formula is C21H25N3O6S. The molecule has 1 atom stereocenters. The molecule has 1 amide bonds. The number of carbonyl (C=O) groups is 1. The molecule has 2 aromatic rings. The Morgan fingerprint density at radius 1 is 1.26 bits per heavy atom. The summed E-state index contributed by atoms with van der Waals surface area (Å²) in [7, 11) is -3.88. The van der Waals surface area contributed by atoms with E-state index in [2.05, 4.69) is 5.32 Å². The van der Waals surface area contributed by atoms with Crippen LogP contribution in [0.5, 0.6) is 5.75 Å². The molecule has 1 aliphatic rings. The summed E-state index contributed by atoms with van der Waals surface area (Å²) < 4.78 is 31.8. The number of anilines is 1. The highest BCUT2D eigenvalue weighted by Gasteiger charge is 2.35. The van der Waals surface area contributed by atoms with Crippen molar-refractivity contribution in [3.8, 4) is 5.75 Å². The summed E-state index contributed by atoms with van der Waals surface area (Å²) in [5.41, 5.74) is 0.349. The summed E-state index contributed by atoms with van der Waals surface area (Å²) in [4.78, 5) is 23.6. The number of ether oxygens (including phenoxy) is 1. The molecule has 0 fully saturated rings. The minimum absolute atomic E-state index is 0.0968. The van der Waals surface area contributed by atoms with E-state index in [1.807, 2.05) is 38.1 Å². The van der Waals surface area contributed by atoms with Crippen LogP contribution in [0.2, 0.25) is 0 Å². The van der Waals surface area contributed by atoms with Gasteiger partial charge in [0.2, 0.25) is 15.9 Å². The molecule has 10 heteroatoms. The Bertz CT molecular complexity index is 1130. The lowest BCUT2D eigenvalue weighted by atomic mass is 9.89. The lowest BCUT2D eigenvalue weighted by Crippen LogP contribution is -2.45. The maximum atomic E-state index is 12.9. The number of para-hydroxylation sites is 1. The van der Waals surface area contributed by atoms with Gasteiger partial charge in [-0.2, -0.15) is 0 Å². The first-order chi connectivity index (χ1) is 14.4. The molecule has 0 aliphatic carbocycles. The summed E-state index contributed by atoms with van der Waals surface area (Å²) in [5.74, 6) is 0.146. The number of benzene rings is 2. The van der Waals surface area contributed by atoms with E-state index in [-0.39, 0.29) is 23.0 Å². The molecule has 0 saturated heterocycles. The monoisotopic (exact) mass is 447 g/mol. The lowest BCUT2D eigenvalue weighted by molar-refractivity contribution is -0.385. The Labute approximate surface area is 181 Å². The Kier molecular flexibility index (Phi) is 5.95. The number of nitrogens with zero attached hydrogens (tertiary/aromatic N) is 2. The van der Waals surface area contributed by atoms with Crippen LogP contribution in [0.15, 0.2) is 42.5 Å². The molecule has 2 aromatic carbocycles. The van der Waals surface area contributed by atoms with Crippen molar-refractivity contribution in [2.24, 2.45) is 0 Å². The SMILES string of the molecule is Cc1c(N(CC(=O)N[C@H]2CC(C)(C)Oc3ccccc32)S(C)(=O)=O)cccc1[N+](=O)[O-]. The standard InChI is InChI=1S/C21H25N3O6S/c1-14-17(9-7-10-18(14)24(26)27)23(31(4,28)29)13-20(25)22-16-12-21(2,3)30-19-11-6-5-8-15(16)19/h5-11,16H,12-13H2,1-4H3,(H,22,25)/t16-/m0/s1. The molecule has 1 heterocycles. The Balaban J connectivity index is 1.89. The Morgan fingerprint density at radius 2 is 1.94 bits per heavy atom. The topological polar surface area (TPSA) is 119 Å². The second-order valence-corrected chi connectivity index (χ2v) is 10.1. The molecule has 1 N–H and O–H groups in total. The summed E-state index contributed by atoms with van der Waals surface area (Å²) in [6.45, 7) is 4.79. The molecule has 166 valence electrons. The molecule has 0 saturated carbocycles. The highest BCUT2D eigenvalue weighted by Crippen LogP contribution is 2.39. The summed E-state index contributed by atoms with van der Waals surface area (Å²) in [6.07, 6.45) is 1.47. The predicted molar refractivity (Wildman–Crippen MR) is 117 cm³/mol. The minimum atomic E-state index is -3.88. The van der Waals surface area contributed by atoms with Crippen molar-refractivity contribution < 1.29 is 22.9 Å². The van der Waals surface area contributed by atoms with E-state index in [0.29, 0.717) is 12.2 Å². The third-order valence-electron chi connectivity index (χ3n) is 5.14. The smallest absolute Gasteiger partial charge is 0.274 e. The number of hydrogen-bond donors (Lipinski definition) is 1. The molecule has 0 bridgehead atoms. The highest BCUT2D eigenvalue weighted by atomic mass is 32.2. The third kappa shape index (κ3) is 4.96. The summed E-state index contributed by atoms with van der Waals surface area (Å²) in [6, 6.07) is 11.1. The van der Waals surface area contributed by atoms with Crippen LogP contribution in [-0.4, -0.2) is 37.6 Å². The molecule has 3 rings (SSSR count). The van der Waals surface area contributed by atoms with Crippen LogP contribution in [-0.2, 0) is 14.8 Å². The number of nitro groups is 1. The molecular weight excluding hydrogens is 422 g/mol. The Morgan fingerprint density at radius 3 is 2.58 bits per heavy atom. The zero-order valence-corrected chi connectivity index (χ0v) is 18.6. The molecule has 0 aromatic heterocycles. The van der Waals surface area contributed by atoms with Crippen molar-refractivity contribution in [3.63, 3.8) is 0 Å². The molecule has 0 spiro atoms. The largest absolute Gasteiger partial charge is 0.487 e. The first-order valence-electron chi connectivity index (χ1n) is 9.68. The van der Waals surface area contributed by atoms with E-state index in [9.17, 15) is 23.3 Å². The molecule has 0 unspecified atom stereocenters. The van der Waals surface area contributed by atoms with Gasteiger partial charge < -0.3 is 10.1 Å². The van der Waals surface area contributed by atoms with Crippen molar-refractivity contribution in [2.45, 2.75) is 38.8 Å². The Hall–Kier alpha value is -3.14. The van der Waals surface area contributed by atoms with Gasteiger partial charge in [-0.25, -0.2) is 8.42 Å². The lowest BCUT2D eigenvalue weighted by Gasteiger charge is -2.38. The zero-order chi connectivity index (χ0) is 23.0. The van der Waals surface area contributed by atoms with Crippen LogP contribution in [0.3, 0.4) is 0 Å². The van der Waals surface area contributed by atoms with Gasteiger partial charge in [0.1, 0.15) is 17.9 Å². The van der Waals surface area contributed by atoms with Gasteiger partial charge in [-0.1, -0.05) is 24.3 Å². The van der Waals surface area contributed by atoms with Gasteiger partial charge in [0.05, 0.1) is 28.5 Å². The van der Waals surface area contributed by atoms with E-state index in [1.54, 1.807) is 0 Å². The van der Waals surface area contributed by atoms with Gasteiger partial charge in [-0.15, -0.1) is 0 Å². The number of sulfonamides is 1. The van der Waals surface area contributed by atoms with Crippen molar-refractivity contribution in [3.05, 3.63) is 63.7 Å². The maximum absolute atomic E-state index is 12.9. The maximum Gasteiger partial charge on any atom is 0.274 e. The van der Waals surface area contributed by atoms with Gasteiger partial charge in [0.25, 0.3) is 5.69 Å². The van der Waals surface area contributed by atoms with E-state index in [4.69, 9.17) is 4.74 Å². The predicted octanol–water partition coefficient (Wildman–Crippen LogP) is 3.09. The van der Waals surface area contributed by atoms with Crippen molar-refractivity contribution in [1.82, 2.24) is 5.32 Å². The summed E-state index contributed by atoms with van der Waals surface area (Å²) in [5, 5.41) is 14.2. The molecule has 31 heavy (non-hydrogen) atoms. The number of nitro benzene ring substituents is 1. The fourth-order valence-corrected chi connectivity index (χ4v) is 4.67. The third-order valence-corrected chi connectivity index (χ3v) is 6.27.